The van der Waals surface area contributed by atoms with Crippen LogP contribution in [0.1, 0.15) is 44.6 Å². The van der Waals surface area contributed by atoms with Crippen molar-refractivity contribution < 1.29 is 9.53 Å². The molecule has 1 aromatic rings. The first-order chi connectivity index (χ1) is 8.77. The average Bonchev–Trinajstić information content (AvgIpc) is 2.40. The lowest BCUT2D eigenvalue weighted by Crippen LogP contribution is -2.46. The number of para-hydroxylation sites is 1. The van der Waals surface area contributed by atoms with Gasteiger partial charge in [0.15, 0.2) is 0 Å². The fourth-order valence-electron chi connectivity index (χ4n) is 3.26. The Kier molecular flexibility index (Phi) is 2.77. The second kappa shape index (κ2) is 4.30. The van der Waals surface area contributed by atoms with Gasteiger partial charge in [-0.2, -0.15) is 0 Å². The summed E-state index contributed by atoms with van der Waals surface area (Å²) >= 11 is 0. The molecule has 1 saturated carbocycles. The highest BCUT2D eigenvalue weighted by Gasteiger charge is 2.44. The lowest BCUT2D eigenvalue weighted by molar-refractivity contribution is -0.0228. The number of benzene rings is 1. The Bertz CT molecular complexity index is 463. The molecule has 2 aliphatic rings. The minimum absolute atomic E-state index is 0.182. The standard InChI is InChI=1S/C15H19NO2/c1-2-16-13-9-5-4-8-12(13)15(18-14(16)17)10-6-3-7-11-15/h4-5,8-9H,2-3,6-7,10-11H2,1H3. The maximum absolute atomic E-state index is 12.2. The molecular weight excluding hydrogens is 226 g/mol. The molecule has 1 amide bonds. The zero-order valence-electron chi connectivity index (χ0n) is 10.8. The van der Waals surface area contributed by atoms with E-state index in [-0.39, 0.29) is 11.7 Å². The molecule has 0 saturated heterocycles. The SMILES string of the molecule is CCN1C(=O)OC2(CCCCC2)c2ccccc21. The molecule has 0 atom stereocenters. The van der Waals surface area contributed by atoms with Crippen LogP contribution in [0.3, 0.4) is 0 Å². The van der Waals surface area contributed by atoms with Crippen LogP contribution in [-0.2, 0) is 10.3 Å². The van der Waals surface area contributed by atoms with Gasteiger partial charge in [0, 0.05) is 12.1 Å². The van der Waals surface area contributed by atoms with E-state index in [1.807, 2.05) is 25.1 Å². The number of anilines is 1. The van der Waals surface area contributed by atoms with Crippen LogP contribution < -0.4 is 4.90 Å². The van der Waals surface area contributed by atoms with Crippen LogP contribution >= 0.6 is 0 Å². The summed E-state index contributed by atoms with van der Waals surface area (Å²) < 4.78 is 5.83. The van der Waals surface area contributed by atoms with E-state index < -0.39 is 0 Å². The molecule has 96 valence electrons. The summed E-state index contributed by atoms with van der Waals surface area (Å²) in [5, 5.41) is 0. The zero-order valence-corrected chi connectivity index (χ0v) is 10.8. The smallest absolute Gasteiger partial charge is 0.415 e. The Morgan fingerprint density at radius 3 is 2.67 bits per heavy atom. The highest BCUT2D eigenvalue weighted by Crippen LogP contribution is 2.47. The molecule has 18 heavy (non-hydrogen) atoms. The van der Waals surface area contributed by atoms with Crippen molar-refractivity contribution in [2.45, 2.75) is 44.6 Å². The average molecular weight is 245 g/mol. The molecule has 0 bridgehead atoms. The molecule has 3 rings (SSSR count). The van der Waals surface area contributed by atoms with Gasteiger partial charge in [0.2, 0.25) is 0 Å². The van der Waals surface area contributed by atoms with E-state index in [2.05, 4.69) is 6.07 Å². The van der Waals surface area contributed by atoms with E-state index in [0.29, 0.717) is 6.54 Å². The van der Waals surface area contributed by atoms with Crippen molar-refractivity contribution in [3.8, 4) is 0 Å². The number of ether oxygens (including phenoxy) is 1. The third-order valence-electron chi connectivity index (χ3n) is 4.17. The third-order valence-corrected chi connectivity index (χ3v) is 4.17. The van der Waals surface area contributed by atoms with Crippen molar-refractivity contribution in [1.29, 1.82) is 0 Å². The molecule has 0 radical (unpaired) electrons. The van der Waals surface area contributed by atoms with E-state index in [1.54, 1.807) is 4.90 Å². The molecule has 1 heterocycles. The number of hydrogen-bond donors (Lipinski definition) is 0. The maximum Gasteiger partial charge on any atom is 0.415 e. The number of rotatable bonds is 1. The molecule has 0 N–H and O–H groups in total. The van der Waals surface area contributed by atoms with Crippen LogP contribution in [0.25, 0.3) is 0 Å². The van der Waals surface area contributed by atoms with Gasteiger partial charge in [-0.3, -0.25) is 4.90 Å². The number of carbonyl (C=O) groups excluding carboxylic acids is 1. The first kappa shape index (κ1) is 11.6. The normalized spacial score (nSPS) is 21.6. The van der Waals surface area contributed by atoms with Crippen LogP contribution in [0.4, 0.5) is 10.5 Å². The van der Waals surface area contributed by atoms with Gasteiger partial charge in [-0.15, -0.1) is 0 Å². The minimum atomic E-state index is -0.350. The van der Waals surface area contributed by atoms with Gasteiger partial charge in [0.05, 0.1) is 5.69 Å². The van der Waals surface area contributed by atoms with Gasteiger partial charge in [0.25, 0.3) is 0 Å². The number of fused-ring (bicyclic) bond motifs is 2. The van der Waals surface area contributed by atoms with Gasteiger partial charge in [-0.25, -0.2) is 4.79 Å². The second-order valence-electron chi connectivity index (χ2n) is 5.18. The largest absolute Gasteiger partial charge is 0.438 e. The Balaban J connectivity index is 2.10. The van der Waals surface area contributed by atoms with Crippen LogP contribution in [0.2, 0.25) is 0 Å². The van der Waals surface area contributed by atoms with E-state index in [9.17, 15) is 4.79 Å². The predicted molar refractivity (Wildman–Crippen MR) is 70.7 cm³/mol. The fraction of sp³-hybridized carbons (Fsp3) is 0.533. The Labute approximate surface area is 108 Å². The molecule has 0 aromatic heterocycles. The van der Waals surface area contributed by atoms with Crippen LogP contribution in [-0.4, -0.2) is 12.6 Å². The van der Waals surface area contributed by atoms with E-state index >= 15 is 0 Å². The van der Waals surface area contributed by atoms with E-state index in [0.717, 1.165) is 31.4 Å². The van der Waals surface area contributed by atoms with Crippen molar-refractivity contribution in [3.05, 3.63) is 29.8 Å². The Morgan fingerprint density at radius 1 is 1.22 bits per heavy atom. The minimum Gasteiger partial charge on any atom is -0.438 e. The summed E-state index contributed by atoms with van der Waals surface area (Å²) in [5.41, 5.74) is 1.89. The maximum atomic E-state index is 12.2. The summed E-state index contributed by atoms with van der Waals surface area (Å²) in [5.74, 6) is 0. The van der Waals surface area contributed by atoms with Crippen LogP contribution in [0, 0.1) is 0 Å². The molecule has 1 spiro atoms. The first-order valence-corrected chi connectivity index (χ1v) is 6.87. The van der Waals surface area contributed by atoms with Crippen molar-refractivity contribution >= 4 is 11.8 Å². The van der Waals surface area contributed by atoms with Crippen molar-refractivity contribution in [2.75, 3.05) is 11.4 Å². The lowest BCUT2D eigenvalue weighted by Gasteiger charge is -2.44. The monoisotopic (exact) mass is 245 g/mol. The molecular formula is C15H19NO2. The predicted octanol–water partition coefficient (Wildman–Crippen LogP) is 3.82. The van der Waals surface area contributed by atoms with E-state index in [4.69, 9.17) is 4.74 Å². The highest BCUT2D eigenvalue weighted by atomic mass is 16.6. The Morgan fingerprint density at radius 2 is 1.94 bits per heavy atom. The number of nitrogens with zero attached hydrogens (tertiary/aromatic N) is 1. The zero-order chi connectivity index (χ0) is 12.6. The second-order valence-corrected chi connectivity index (χ2v) is 5.18. The molecule has 1 fully saturated rings. The summed E-state index contributed by atoms with van der Waals surface area (Å²) in [4.78, 5) is 13.9. The van der Waals surface area contributed by atoms with Gasteiger partial charge in [0.1, 0.15) is 5.60 Å². The van der Waals surface area contributed by atoms with Gasteiger partial charge in [-0.1, -0.05) is 24.6 Å². The van der Waals surface area contributed by atoms with Gasteiger partial charge >= 0.3 is 6.09 Å². The molecule has 0 unspecified atom stereocenters. The quantitative estimate of drug-likeness (QED) is 0.752. The Hall–Kier alpha value is -1.51. The summed E-state index contributed by atoms with van der Waals surface area (Å²) in [7, 11) is 0. The van der Waals surface area contributed by atoms with Crippen LogP contribution in [0.15, 0.2) is 24.3 Å². The summed E-state index contributed by atoms with van der Waals surface area (Å²) in [6.45, 7) is 2.64. The molecule has 1 aliphatic carbocycles. The molecule has 1 aromatic carbocycles. The van der Waals surface area contributed by atoms with Gasteiger partial charge < -0.3 is 4.74 Å². The number of amides is 1. The van der Waals surface area contributed by atoms with Crippen molar-refractivity contribution in [1.82, 2.24) is 0 Å². The van der Waals surface area contributed by atoms with E-state index in [1.165, 1.54) is 12.0 Å². The van der Waals surface area contributed by atoms with Crippen molar-refractivity contribution in [2.24, 2.45) is 0 Å². The lowest BCUT2D eigenvalue weighted by atomic mass is 9.78. The molecule has 3 nitrogen and oxygen atoms in total. The molecule has 1 aliphatic heterocycles. The van der Waals surface area contributed by atoms with Crippen LogP contribution in [0.5, 0.6) is 0 Å². The topological polar surface area (TPSA) is 29.5 Å². The third kappa shape index (κ3) is 1.61. The first-order valence-electron chi connectivity index (χ1n) is 6.87. The number of hydrogen-bond acceptors (Lipinski definition) is 2. The van der Waals surface area contributed by atoms with Gasteiger partial charge in [-0.05, 0) is 38.7 Å². The summed E-state index contributed by atoms with van der Waals surface area (Å²) in [6, 6.07) is 8.20. The number of carbonyl (C=O) groups is 1. The molecule has 3 heteroatoms. The highest BCUT2D eigenvalue weighted by molar-refractivity contribution is 5.91. The van der Waals surface area contributed by atoms with Crippen molar-refractivity contribution in [3.63, 3.8) is 0 Å². The summed E-state index contributed by atoms with van der Waals surface area (Å²) in [6.07, 6.45) is 5.29. The fourth-order valence-corrected chi connectivity index (χ4v) is 3.26.